The third-order valence-corrected chi connectivity index (χ3v) is 4.11. The summed E-state index contributed by atoms with van der Waals surface area (Å²) < 4.78 is 10.9. The van der Waals surface area contributed by atoms with Crippen molar-refractivity contribution in [2.24, 2.45) is 0 Å². The minimum absolute atomic E-state index is 0.118. The van der Waals surface area contributed by atoms with Gasteiger partial charge in [0.25, 0.3) is 11.8 Å². The number of aromatic nitrogens is 1. The Balaban J connectivity index is 1.63. The van der Waals surface area contributed by atoms with Crippen molar-refractivity contribution < 1.29 is 19.1 Å². The lowest BCUT2D eigenvalue weighted by molar-refractivity contribution is -0.118. The zero-order valence-corrected chi connectivity index (χ0v) is 16.1. The van der Waals surface area contributed by atoms with Crippen molar-refractivity contribution in [2.75, 3.05) is 24.4 Å². The summed E-state index contributed by atoms with van der Waals surface area (Å²) in [5, 5.41) is 5.52. The van der Waals surface area contributed by atoms with Gasteiger partial charge in [-0.25, -0.2) is 0 Å². The Bertz CT molecular complexity index is 1010. The lowest BCUT2D eigenvalue weighted by Gasteiger charge is -2.13. The van der Waals surface area contributed by atoms with Gasteiger partial charge in [-0.05, 0) is 42.8 Å². The summed E-state index contributed by atoms with van der Waals surface area (Å²) in [5.41, 5.74) is 2.39. The first-order valence-corrected chi connectivity index (χ1v) is 8.94. The zero-order valence-electron chi connectivity index (χ0n) is 16.1. The fourth-order valence-electron chi connectivity index (χ4n) is 2.62. The van der Waals surface area contributed by atoms with Gasteiger partial charge in [0.1, 0.15) is 11.5 Å². The van der Waals surface area contributed by atoms with Gasteiger partial charge in [-0.3, -0.25) is 14.6 Å². The Morgan fingerprint density at radius 2 is 1.83 bits per heavy atom. The van der Waals surface area contributed by atoms with E-state index in [4.69, 9.17) is 9.47 Å². The molecule has 148 valence electrons. The molecule has 0 spiro atoms. The molecular weight excluding hydrogens is 370 g/mol. The molecule has 0 aliphatic rings. The summed E-state index contributed by atoms with van der Waals surface area (Å²) in [7, 11) is 1.49. The summed E-state index contributed by atoms with van der Waals surface area (Å²) in [6.45, 7) is 1.79. The highest BCUT2D eigenvalue weighted by molar-refractivity contribution is 6.05. The average molecular weight is 391 g/mol. The molecule has 7 nitrogen and oxygen atoms in total. The SMILES string of the molecule is COc1cc(NC(=O)COc2ccccc2C)ccc1NC(=O)c1cccnc1. The standard InChI is InChI=1S/C22H21N3O4/c1-15-6-3-4-8-19(15)29-14-21(26)24-17-9-10-18(20(12-17)28-2)25-22(27)16-7-5-11-23-13-16/h3-13H,14H2,1-2H3,(H,24,26)(H,25,27). The van der Waals surface area contributed by atoms with Crippen LogP contribution in [0.4, 0.5) is 11.4 Å². The van der Waals surface area contributed by atoms with Gasteiger partial charge in [0.2, 0.25) is 0 Å². The molecule has 0 radical (unpaired) electrons. The van der Waals surface area contributed by atoms with E-state index in [0.717, 1.165) is 5.56 Å². The van der Waals surface area contributed by atoms with Crippen LogP contribution in [0.1, 0.15) is 15.9 Å². The molecule has 2 aromatic carbocycles. The molecule has 7 heteroatoms. The van der Waals surface area contributed by atoms with Crippen LogP contribution >= 0.6 is 0 Å². The zero-order chi connectivity index (χ0) is 20.6. The van der Waals surface area contributed by atoms with Crippen molar-refractivity contribution in [3.8, 4) is 11.5 Å². The van der Waals surface area contributed by atoms with Gasteiger partial charge >= 0.3 is 0 Å². The number of hydrogen-bond donors (Lipinski definition) is 2. The quantitative estimate of drug-likeness (QED) is 0.641. The van der Waals surface area contributed by atoms with E-state index in [9.17, 15) is 9.59 Å². The number of aryl methyl sites for hydroxylation is 1. The van der Waals surface area contributed by atoms with Crippen LogP contribution in [0.5, 0.6) is 11.5 Å². The van der Waals surface area contributed by atoms with Crippen molar-refractivity contribution in [3.05, 3.63) is 78.1 Å². The number of methoxy groups -OCH3 is 1. The number of anilines is 2. The molecule has 0 unspecified atom stereocenters. The molecule has 2 amide bonds. The summed E-state index contributed by atoms with van der Waals surface area (Å²) in [5.74, 6) is 0.468. The maximum Gasteiger partial charge on any atom is 0.262 e. The predicted molar refractivity (Wildman–Crippen MR) is 110 cm³/mol. The number of pyridine rings is 1. The largest absolute Gasteiger partial charge is 0.494 e. The van der Waals surface area contributed by atoms with Gasteiger partial charge in [0, 0.05) is 24.1 Å². The number of nitrogens with one attached hydrogen (secondary N) is 2. The third kappa shape index (κ3) is 5.32. The summed E-state index contributed by atoms with van der Waals surface area (Å²) >= 11 is 0. The molecule has 3 aromatic rings. The van der Waals surface area contributed by atoms with Crippen LogP contribution in [0.2, 0.25) is 0 Å². The number of carbonyl (C=O) groups is 2. The number of nitrogens with zero attached hydrogens (tertiary/aromatic N) is 1. The van der Waals surface area contributed by atoms with Gasteiger partial charge in [-0.1, -0.05) is 18.2 Å². The second-order valence-corrected chi connectivity index (χ2v) is 6.21. The number of hydrogen-bond acceptors (Lipinski definition) is 5. The molecular formula is C22H21N3O4. The molecule has 3 rings (SSSR count). The van der Waals surface area contributed by atoms with E-state index in [-0.39, 0.29) is 18.4 Å². The van der Waals surface area contributed by atoms with Crippen LogP contribution in [-0.2, 0) is 4.79 Å². The van der Waals surface area contributed by atoms with Gasteiger partial charge in [0.05, 0.1) is 18.4 Å². The van der Waals surface area contributed by atoms with E-state index < -0.39 is 0 Å². The fourth-order valence-corrected chi connectivity index (χ4v) is 2.62. The van der Waals surface area contributed by atoms with Crippen LogP contribution in [0, 0.1) is 6.92 Å². The summed E-state index contributed by atoms with van der Waals surface area (Å²) in [6.07, 6.45) is 3.07. The molecule has 0 aliphatic heterocycles. The molecule has 1 aromatic heterocycles. The maximum atomic E-state index is 12.3. The molecule has 29 heavy (non-hydrogen) atoms. The first kappa shape index (κ1) is 19.9. The highest BCUT2D eigenvalue weighted by Crippen LogP contribution is 2.28. The number of amides is 2. The van der Waals surface area contributed by atoms with Crippen LogP contribution in [0.25, 0.3) is 0 Å². The molecule has 0 aliphatic carbocycles. The van der Waals surface area contributed by atoms with Crippen molar-refractivity contribution in [2.45, 2.75) is 6.92 Å². The minimum Gasteiger partial charge on any atom is -0.494 e. The van der Waals surface area contributed by atoms with Gasteiger partial charge in [-0.2, -0.15) is 0 Å². The molecule has 0 fully saturated rings. The lowest BCUT2D eigenvalue weighted by atomic mass is 10.2. The highest BCUT2D eigenvalue weighted by Gasteiger charge is 2.12. The Hall–Kier alpha value is -3.87. The summed E-state index contributed by atoms with van der Waals surface area (Å²) in [4.78, 5) is 28.4. The Kier molecular flexibility index (Phi) is 6.42. The van der Waals surface area contributed by atoms with E-state index in [1.165, 1.54) is 13.3 Å². The maximum absolute atomic E-state index is 12.3. The van der Waals surface area contributed by atoms with Crippen molar-refractivity contribution >= 4 is 23.2 Å². The molecule has 0 saturated heterocycles. The van der Waals surface area contributed by atoms with E-state index in [1.807, 2.05) is 31.2 Å². The van der Waals surface area contributed by atoms with E-state index in [2.05, 4.69) is 15.6 Å². The normalized spacial score (nSPS) is 10.1. The van der Waals surface area contributed by atoms with Crippen molar-refractivity contribution in [3.63, 3.8) is 0 Å². The van der Waals surface area contributed by atoms with Gasteiger partial charge < -0.3 is 20.1 Å². The molecule has 0 saturated carbocycles. The Labute approximate surface area is 168 Å². The fraction of sp³-hybridized carbons (Fsp3) is 0.136. The van der Waals surface area contributed by atoms with Crippen LogP contribution < -0.4 is 20.1 Å². The van der Waals surface area contributed by atoms with Crippen LogP contribution in [0.15, 0.2) is 67.0 Å². The molecule has 1 heterocycles. The second-order valence-electron chi connectivity index (χ2n) is 6.21. The van der Waals surface area contributed by atoms with Crippen LogP contribution in [0.3, 0.4) is 0 Å². The number of para-hydroxylation sites is 1. The van der Waals surface area contributed by atoms with Crippen molar-refractivity contribution in [1.82, 2.24) is 4.98 Å². The van der Waals surface area contributed by atoms with Gasteiger partial charge in [0.15, 0.2) is 6.61 Å². The third-order valence-electron chi connectivity index (χ3n) is 4.11. The number of ether oxygens (including phenoxy) is 2. The Morgan fingerprint density at radius 3 is 2.55 bits per heavy atom. The minimum atomic E-state index is -0.306. The number of rotatable bonds is 7. The van der Waals surface area contributed by atoms with Crippen molar-refractivity contribution in [1.29, 1.82) is 0 Å². The molecule has 0 atom stereocenters. The topological polar surface area (TPSA) is 89.5 Å². The monoisotopic (exact) mass is 391 g/mol. The highest BCUT2D eigenvalue weighted by atomic mass is 16.5. The smallest absolute Gasteiger partial charge is 0.262 e. The van der Waals surface area contributed by atoms with E-state index in [0.29, 0.717) is 28.4 Å². The van der Waals surface area contributed by atoms with E-state index >= 15 is 0 Å². The number of benzene rings is 2. The second kappa shape index (κ2) is 9.36. The molecule has 0 bridgehead atoms. The lowest BCUT2D eigenvalue weighted by Crippen LogP contribution is -2.20. The van der Waals surface area contributed by atoms with Crippen LogP contribution in [-0.4, -0.2) is 30.5 Å². The first-order valence-electron chi connectivity index (χ1n) is 8.94. The first-order chi connectivity index (χ1) is 14.1. The van der Waals surface area contributed by atoms with Gasteiger partial charge in [-0.15, -0.1) is 0 Å². The number of carbonyl (C=O) groups excluding carboxylic acids is 2. The summed E-state index contributed by atoms with van der Waals surface area (Å²) in [6, 6.07) is 15.8. The average Bonchev–Trinajstić information content (AvgIpc) is 2.74. The molecule has 2 N–H and O–H groups in total. The Morgan fingerprint density at radius 1 is 1.00 bits per heavy atom. The van der Waals surface area contributed by atoms with E-state index in [1.54, 1.807) is 36.5 Å². The predicted octanol–water partition coefficient (Wildman–Crippen LogP) is 3.67.